The van der Waals surface area contributed by atoms with Gasteiger partial charge < -0.3 is 9.64 Å². The number of ether oxygens (including phenoxy) is 1. The second kappa shape index (κ2) is 8.20. The quantitative estimate of drug-likeness (QED) is 0.753. The fourth-order valence-corrected chi connectivity index (χ4v) is 3.54. The largest absolute Gasteiger partial charge is 0.472 e. The first kappa shape index (κ1) is 16.8. The lowest BCUT2D eigenvalue weighted by Gasteiger charge is -2.17. The fourth-order valence-electron chi connectivity index (χ4n) is 2.68. The maximum absolute atomic E-state index is 12.3. The molecule has 3 rings (SSSR count). The summed E-state index contributed by atoms with van der Waals surface area (Å²) in [6.07, 6.45) is 3.28. The molecule has 0 radical (unpaired) electrons. The Hall–Kier alpha value is -2.01. The molecule has 1 aliphatic rings. The van der Waals surface area contributed by atoms with Crippen LogP contribution in [0, 0.1) is 6.92 Å². The smallest absolute Gasteiger partial charge is 0.223 e. The molecule has 1 fully saturated rings. The Morgan fingerprint density at radius 1 is 1.29 bits per heavy atom. The van der Waals surface area contributed by atoms with Crippen LogP contribution >= 0.6 is 11.8 Å². The summed E-state index contributed by atoms with van der Waals surface area (Å²) in [4.78, 5) is 19.7. The van der Waals surface area contributed by atoms with Gasteiger partial charge in [0.2, 0.25) is 11.8 Å². The molecule has 2 heterocycles. The minimum Gasteiger partial charge on any atom is -0.472 e. The van der Waals surface area contributed by atoms with Gasteiger partial charge in [-0.3, -0.25) is 4.79 Å². The third-order valence-electron chi connectivity index (χ3n) is 4.00. The lowest BCUT2D eigenvalue weighted by Crippen LogP contribution is -2.31. The summed E-state index contributed by atoms with van der Waals surface area (Å²) < 4.78 is 5.87. The van der Waals surface area contributed by atoms with E-state index in [9.17, 15) is 4.79 Å². The number of hydrogen-bond donors (Lipinski definition) is 0. The Morgan fingerprint density at radius 3 is 2.88 bits per heavy atom. The number of hydrogen-bond acceptors (Lipinski definition) is 4. The zero-order chi connectivity index (χ0) is 16.8. The molecule has 1 saturated heterocycles. The van der Waals surface area contributed by atoms with Gasteiger partial charge in [-0.25, -0.2) is 4.98 Å². The van der Waals surface area contributed by atoms with Crippen molar-refractivity contribution in [2.24, 2.45) is 0 Å². The molecule has 0 saturated carbocycles. The SMILES string of the molecule is Cc1ccc(O[C@H]2CCN(C(=O)CCSc3ccccc3)C2)nc1. The van der Waals surface area contributed by atoms with Crippen LogP contribution in [-0.2, 0) is 4.79 Å². The van der Waals surface area contributed by atoms with E-state index in [4.69, 9.17) is 4.74 Å². The van der Waals surface area contributed by atoms with E-state index in [1.54, 1.807) is 18.0 Å². The molecule has 0 unspecified atom stereocenters. The van der Waals surface area contributed by atoms with Gasteiger partial charge in [0.15, 0.2) is 0 Å². The Labute approximate surface area is 147 Å². The normalized spacial score (nSPS) is 17.0. The number of likely N-dealkylation sites (tertiary alicyclic amines) is 1. The van der Waals surface area contributed by atoms with Crippen LogP contribution in [-0.4, -0.2) is 40.7 Å². The minimum absolute atomic E-state index is 0.0472. The van der Waals surface area contributed by atoms with Gasteiger partial charge in [-0.15, -0.1) is 11.8 Å². The Kier molecular flexibility index (Phi) is 5.75. The van der Waals surface area contributed by atoms with Crippen LogP contribution < -0.4 is 4.74 Å². The van der Waals surface area contributed by atoms with Gasteiger partial charge in [0.1, 0.15) is 6.10 Å². The molecular weight excluding hydrogens is 320 g/mol. The molecule has 24 heavy (non-hydrogen) atoms. The Morgan fingerprint density at radius 2 is 2.12 bits per heavy atom. The molecule has 1 amide bonds. The average Bonchev–Trinajstić information content (AvgIpc) is 3.06. The third kappa shape index (κ3) is 4.74. The first-order valence-electron chi connectivity index (χ1n) is 8.25. The minimum atomic E-state index is 0.0472. The highest BCUT2D eigenvalue weighted by Gasteiger charge is 2.27. The van der Waals surface area contributed by atoms with Crippen LogP contribution in [0.15, 0.2) is 53.6 Å². The highest BCUT2D eigenvalue weighted by molar-refractivity contribution is 7.99. The molecule has 0 spiro atoms. The summed E-state index contributed by atoms with van der Waals surface area (Å²) in [5.74, 6) is 1.66. The van der Waals surface area contributed by atoms with E-state index < -0.39 is 0 Å². The average molecular weight is 342 g/mol. The zero-order valence-corrected chi connectivity index (χ0v) is 14.7. The molecule has 1 aliphatic heterocycles. The predicted molar refractivity (Wildman–Crippen MR) is 96.4 cm³/mol. The van der Waals surface area contributed by atoms with Crippen LogP contribution in [0.25, 0.3) is 0 Å². The van der Waals surface area contributed by atoms with Crippen LogP contribution in [0.3, 0.4) is 0 Å². The van der Waals surface area contributed by atoms with Crippen molar-refractivity contribution in [1.82, 2.24) is 9.88 Å². The van der Waals surface area contributed by atoms with E-state index in [0.717, 1.165) is 24.3 Å². The van der Waals surface area contributed by atoms with Crippen molar-refractivity contribution in [3.8, 4) is 5.88 Å². The number of thioether (sulfide) groups is 1. The molecule has 1 aromatic heterocycles. The highest BCUT2D eigenvalue weighted by atomic mass is 32.2. The van der Waals surface area contributed by atoms with Crippen molar-refractivity contribution < 1.29 is 9.53 Å². The number of nitrogens with zero attached hydrogens (tertiary/aromatic N) is 2. The second-order valence-electron chi connectivity index (χ2n) is 5.95. The van der Waals surface area contributed by atoms with Crippen LogP contribution in [0.2, 0.25) is 0 Å². The summed E-state index contributed by atoms with van der Waals surface area (Å²) in [5, 5.41) is 0. The maximum atomic E-state index is 12.3. The van der Waals surface area contributed by atoms with E-state index in [1.165, 1.54) is 4.90 Å². The number of amides is 1. The van der Waals surface area contributed by atoms with Crippen molar-refractivity contribution in [3.05, 3.63) is 54.2 Å². The fraction of sp³-hybridized carbons (Fsp3) is 0.368. The molecule has 1 aromatic carbocycles. The van der Waals surface area contributed by atoms with Crippen LogP contribution in [0.1, 0.15) is 18.4 Å². The molecule has 2 aromatic rings. The maximum Gasteiger partial charge on any atom is 0.223 e. The zero-order valence-electron chi connectivity index (χ0n) is 13.9. The summed E-state index contributed by atoms with van der Waals surface area (Å²) in [6, 6.07) is 14.1. The van der Waals surface area contributed by atoms with Crippen LogP contribution in [0.4, 0.5) is 0 Å². The first-order chi connectivity index (χ1) is 11.7. The van der Waals surface area contributed by atoms with Crippen LogP contribution in [0.5, 0.6) is 5.88 Å². The van der Waals surface area contributed by atoms with Gasteiger partial charge in [0.25, 0.3) is 0 Å². The lowest BCUT2D eigenvalue weighted by molar-refractivity contribution is -0.129. The first-order valence-corrected chi connectivity index (χ1v) is 9.24. The highest BCUT2D eigenvalue weighted by Crippen LogP contribution is 2.20. The summed E-state index contributed by atoms with van der Waals surface area (Å²) in [6.45, 7) is 3.43. The molecule has 0 bridgehead atoms. The monoisotopic (exact) mass is 342 g/mol. The van der Waals surface area contributed by atoms with E-state index in [1.807, 2.05) is 42.2 Å². The number of benzene rings is 1. The van der Waals surface area contributed by atoms with E-state index in [-0.39, 0.29) is 12.0 Å². The molecule has 5 heteroatoms. The molecule has 126 valence electrons. The van der Waals surface area contributed by atoms with Gasteiger partial charge >= 0.3 is 0 Å². The Balaban J connectivity index is 1.41. The number of aryl methyl sites for hydroxylation is 1. The van der Waals surface area contributed by atoms with Crippen molar-refractivity contribution >= 4 is 17.7 Å². The van der Waals surface area contributed by atoms with E-state index in [2.05, 4.69) is 17.1 Å². The number of aromatic nitrogens is 1. The van der Waals surface area contributed by atoms with Gasteiger partial charge in [-0.1, -0.05) is 24.3 Å². The number of carbonyl (C=O) groups is 1. The van der Waals surface area contributed by atoms with E-state index >= 15 is 0 Å². The van der Waals surface area contributed by atoms with Gasteiger partial charge in [0, 0.05) is 42.3 Å². The third-order valence-corrected chi connectivity index (χ3v) is 5.01. The predicted octanol–water partition coefficient (Wildman–Crippen LogP) is 3.55. The van der Waals surface area contributed by atoms with Crippen molar-refractivity contribution in [2.45, 2.75) is 30.8 Å². The van der Waals surface area contributed by atoms with Gasteiger partial charge in [-0.2, -0.15) is 0 Å². The Bertz CT molecular complexity index is 661. The van der Waals surface area contributed by atoms with Crippen molar-refractivity contribution in [1.29, 1.82) is 0 Å². The molecular formula is C19H22N2O2S. The summed E-state index contributed by atoms with van der Waals surface area (Å²) in [5.41, 5.74) is 1.11. The summed E-state index contributed by atoms with van der Waals surface area (Å²) >= 11 is 1.72. The standard InChI is InChI=1S/C19H22N2O2S/c1-15-7-8-18(20-13-15)23-16-9-11-21(14-16)19(22)10-12-24-17-5-3-2-4-6-17/h2-8,13,16H,9-12,14H2,1H3/t16-/m0/s1. The lowest BCUT2D eigenvalue weighted by atomic mass is 10.3. The topological polar surface area (TPSA) is 42.4 Å². The van der Waals surface area contributed by atoms with Gasteiger partial charge in [0.05, 0.1) is 6.54 Å². The molecule has 1 atom stereocenters. The molecule has 0 aliphatic carbocycles. The molecule has 0 N–H and O–H groups in total. The number of pyridine rings is 1. The van der Waals surface area contributed by atoms with Gasteiger partial charge in [-0.05, 0) is 24.6 Å². The van der Waals surface area contributed by atoms with E-state index in [0.29, 0.717) is 18.8 Å². The summed E-state index contributed by atoms with van der Waals surface area (Å²) in [7, 11) is 0. The number of carbonyl (C=O) groups excluding carboxylic acids is 1. The van der Waals surface area contributed by atoms with Crippen molar-refractivity contribution in [2.75, 3.05) is 18.8 Å². The second-order valence-corrected chi connectivity index (χ2v) is 7.12. The van der Waals surface area contributed by atoms with Crippen molar-refractivity contribution in [3.63, 3.8) is 0 Å². The molecule has 4 nitrogen and oxygen atoms in total. The number of rotatable bonds is 6.